The maximum Gasteiger partial charge on any atom is 0.262 e. The number of aromatic nitrogens is 1. The number of fused-ring (bicyclic) bond motifs is 1. The number of hydrogen-bond acceptors (Lipinski definition) is 6. The minimum absolute atomic E-state index is 0.0868. The lowest BCUT2D eigenvalue weighted by molar-refractivity contribution is -0.118. The minimum Gasteiger partial charge on any atom is -0.482 e. The smallest absolute Gasteiger partial charge is 0.262 e. The number of ketones is 1. The first kappa shape index (κ1) is 16.1. The van der Waals surface area contributed by atoms with E-state index in [2.05, 4.69) is 10.3 Å². The molecule has 1 aromatic carbocycles. The van der Waals surface area contributed by atoms with Gasteiger partial charge in [-0.15, -0.1) is 11.3 Å². The Hall–Kier alpha value is -2.72. The molecule has 3 rings (SSSR count). The van der Waals surface area contributed by atoms with Crippen molar-refractivity contribution in [2.45, 2.75) is 25.7 Å². The van der Waals surface area contributed by atoms with E-state index in [1.807, 2.05) is 25.3 Å². The van der Waals surface area contributed by atoms with E-state index >= 15 is 0 Å². The zero-order valence-electron chi connectivity index (χ0n) is 13.2. The van der Waals surface area contributed by atoms with Gasteiger partial charge in [-0.1, -0.05) is 13.8 Å². The molecule has 0 unspecified atom stereocenters. The largest absolute Gasteiger partial charge is 0.482 e. The summed E-state index contributed by atoms with van der Waals surface area (Å²) in [5, 5.41) is 14.5. The van der Waals surface area contributed by atoms with E-state index in [1.165, 1.54) is 11.3 Å². The molecule has 1 aromatic heterocycles. The number of nitriles is 1. The fourth-order valence-electron chi connectivity index (χ4n) is 2.32. The summed E-state index contributed by atoms with van der Waals surface area (Å²) in [6.45, 7) is 3.94. The Labute approximate surface area is 143 Å². The summed E-state index contributed by atoms with van der Waals surface area (Å²) in [7, 11) is 0. The van der Waals surface area contributed by atoms with Crippen molar-refractivity contribution < 1.29 is 14.3 Å². The summed E-state index contributed by atoms with van der Waals surface area (Å²) in [4.78, 5) is 28.4. The Bertz CT molecular complexity index is 851. The number of carbonyl (C=O) groups excluding carboxylic acids is 2. The number of nitrogens with one attached hydrogen (secondary N) is 1. The molecule has 1 aliphatic heterocycles. The van der Waals surface area contributed by atoms with Crippen LogP contribution in [-0.4, -0.2) is 23.3 Å². The predicted octanol–water partition coefficient (Wildman–Crippen LogP) is 3.09. The molecule has 0 aliphatic carbocycles. The molecule has 24 heavy (non-hydrogen) atoms. The van der Waals surface area contributed by atoms with Crippen molar-refractivity contribution in [1.29, 1.82) is 5.26 Å². The van der Waals surface area contributed by atoms with Gasteiger partial charge in [0.2, 0.25) is 0 Å². The number of hydrogen-bond donors (Lipinski definition) is 1. The zero-order valence-corrected chi connectivity index (χ0v) is 14.0. The first-order valence-electron chi connectivity index (χ1n) is 7.45. The lowest BCUT2D eigenvalue weighted by Gasteiger charge is -2.18. The van der Waals surface area contributed by atoms with Crippen LogP contribution in [-0.2, 0) is 4.79 Å². The van der Waals surface area contributed by atoms with Crippen LogP contribution in [0.4, 0.5) is 5.69 Å². The van der Waals surface area contributed by atoms with Gasteiger partial charge in [-0.3, -0.25) is 9.59 Å². The molecule has 0 bridgehead atoms. The second-order valence-electron chi connectivity index (χ2n) is 5.74. The molecule has 1 aliphatic rings. The molecule has 2 aromatic rings. The van der Waals surface area contributed by atoms with Gasteiger partial charge in [0.05, 0.1) is 17.5 Å². The van der Waals surface area contributed by atoms with Crippen LogP contribution in [0.1, 0.15) is 46.7 Å². The first-order chi connectivity index (χ1) is 11.5. The molecule has 0 radical (unpaired) electrons. The summed E-state index contributed by atoms with van der Waals surface area (Å²) >= 11 is 1.32. The van der Waals surface area contributed by atoms with Gasteiger partial charge in [-0.05, 0) is 24.1 Å². The van der Waals surface area contributed by atoms with Crippen molar-refractivity contribution in [2.24, 2.45) is 0 Å². The molecule has 0 saturated heterocycles. The van der Waals surface area contributed by atoms with Crippen molar-refractivity contribution in [3.8, 4) is 11.8 Å². The molecule has 1 amide bonds. The number of anilines is 1. The second kappa shape index (κ2) is 6.42. The summed E-state index contributed by atoms with van der Waals surface area (Å²) < 4.78 is 5.32. The molecular formula is C17H15N3O3S. The molecule has 0 spiro atoms. The highest BCUT2D eigenvalue weighted by Gasteiger charge is 2.27. The van der Waals surface area contributed by atoms with Crippen LogP contribution in [0.25, 0.3) is 0 Å². The first-order valence-corrected chi connectivity index (χ1v) is 8.33. The van der Waals surface area contributed by atoms with Crippen LogP contribution in [0.15, 0.2) is 23.6 Å². The van der Waals surface area contributed by atoms with Gasteiger partial charge in [0.25, 0.3) is 5.91 Å². The Morgan fingerprint density at radius 1 is 1.46 bits per heavy atom. The third kappa shape index (κ3) is 3.01. The van der Waals surface area contributed by atoms with Crippen LogP contribution in [0, 0.1) is 11.3 Å². The van der Waals surface area contributed by atoms with Gasteiger partial charge in [0.1, 0.15) is 10.8 Å². The van der Waals surface area contributed by atoms with E-state index in [0.29, 0.717) is 22.0 Å². The highest BCUT2D eigenvalue weighted by Crippen LogP contribution is 2.32. The van der Waals surface area contributed by atoms with Gasteiger partial charge in [0, 0.05) is 10.9 Å². The summed E-state index contributed by atoms with van der Waals surface area (Å²) in [6.07, 6.45) is 0. The second-order valence-corrected chi connectivity index (χ2v) is 6.63. The summed E-state index contributed by atoms with van der Waals surface area (Å²) in [5.74, 6) is -0.839. The quantitative estimate of drug-likeness (QED) is 0.863. The van der Waals surface area contributed by atoms with E-state index < -0.39 is 5.92 Å². The topological polar surface area (TPSA) is 92.1 Å². The average molecular weight is 341 g/mol. The van der Waals surface area contributed by atoms with Gasteiger partial charge in [0.15, 0.2) is 18.3 Å². The van der Waals surface area contributed by atoms with Crippen molar-refractivity contribution in [3.05, 3.63) is 39.8 Å². The Balaban J connectivity index is 1.89. The summed E-state index contributed by atoms with van der Waals surface area (Å²) in [5.41, 5.74) is 1.75. The third-order valence-corrected chi connectivity index (χ3v) is 4.60. The van der Waals surface area contributed by atoms with Crippen molar-refractivity contribution in [1.82, 2.24) is 4.98 Å². The monoisotopic (exact) mass is 341 g/mol. The average Bonchev–Trinajstić information content (AvgIpc) is 3.05. The van der Waals surface area contributed by atoms with Crippen molar-refractivity contribution >= 4 is 28.7 Å². The van der Waals surface area contributed by atoms with E-state index in [1.54, 1.807) is 18.2 Å². The fourth-order valence-corrected chi connectivity index (χ4v) is 3.34. The Morgan fingerprint density at radius 2 is 2.25 bits per heavy atom. The Kier molecular flexibility index (Phi) is 4.32. The molecule has 7 heteroatoms. The van der Waals surface area contributed by atoms with Crippen molar-refractivity contribution in [2.75, 3.05) is 11.9 Å². The number of ether oxygens (including phenoxy) is 1. The van der Waals surface area contributed by atoms with Gasteiger partial charge in [-0.2, -0.15) is 5.26 Å². The van der Waals surface area contributed by atoms with E-state index in [0.717, 1.165) is 5.69 Å². The fraction of sp³-hybridized carbons (Fsp3) is 0.294. The van der Waals surface area contributed by atoms with Gasteiger partial charge in [-0.25, -0.2) is 4.98 Å². The zero-order chi connectivity index (χ0) is 17.3. The number of benzene rings is 1. The molecule has 0 fully saturated rings. The van der Waals surface area contributed by atoms with E-state index in [-0.39, 0.29) is 24.2 Å². The number of rotatable bonds is 4. The van der Waals surface area contributed by atoms with Crippen LogP contribution in [0.2, 0.25) is 0 Å². The molecule has 6 nitrogen and oxygen atoms in total. The molecule has 1 N–H and O–H groups in total. The highest BCUT2D eigenvalue weighted by atomic mass is 32.1. The number of carbonyl (C=O) groups is 2. The molecule has 122 valence electrons. The summed E-state index contributed by atoms with van der Waals surface area (Å²) in [6, 6.07) is 6.79. The van der Waals surface area contributed by atoms with Gasteiger partial charge >= 0.3 is 0 Å². The molecule has 2 heterocycles. The van der Waals surface area contributed by atoms with E-state index in [9.17, 15) is 14.9 Å². The number of Topliss-reactive ketones (excluding diaryl/α,β-unsaturated/α-hetero) is 1. The van der Waals surface area contributed by atoms with Crippen LogP contribution >= 0.6 is 11.3 Å². The predicted molar refractivity (Wildman–Crippen MR) is 89.5 cm³/mol. The number of amides is 1. The lowest BCUT2D eigenvalue weighted by atomic mass is 9.98. The maximum atomic E-state index is 12.7. The van der Waals surface area contributed by atoms with Crippen LogP contribution in [0.5, 0.6) is 5.75 Å². The SMILES string of the molecule is CC(C)c1csc([C@H](C#N)C(=O)c2ccc3c(c2)OCC(=O)N3)n1. The number of thiazole rings is 1. The molecule has 1 atom stereocenters. The highest BCUT2D eigenvalue weighted by molar-refractivity contribution is 7.10. The Morgan fingerprint density at radius 3 is 2.92 bits per heavy atom. The van der Waals surface area contributed by atoms with E-state index in [4.69, 9.17) is 4.74 Å². The normalized spacial score (nSPS) is 14.3. The van der Waals surface area contributed by atoms with Gasteiger partial charge < -0.3 is 10.1 Å². The van der Waals surface area contributed by atoms with Crippen LogP contribution in [0.3, 0.4) is 0 Å². The minimum atomic E-state index is -0.946. The van der Waals surface area contributed by atoms with Crippen LogP contribution < -0.4 is 10.1 Å². The molecule has 0 saturated carbocycles. The maximum absolute atomic E-state index is 12.7. The van der Waals surface area contributed by atoms with Crippen molar-refractivity contribution in [3.63, 3.8) is 0 Å². The third-order valence-electron chi connectivity index (χ3n) is 3.67. The molecular weight excluding hydrogens is 326 g/mol. The lowest BCUT2D eigenvalue weighted by Crippen LogP contribution is -2.25. The number of nitrogens with zero attached hydrogens (tertiary/aromatic N) is 2. The standard InChI is InChI=1S/C17H15N3O3S/c1-9(2)13-8-24-17(20-13)11(6-18)16(22)10-3-4-12-14(5-10)23-7-15(21)19-12/h3-5,8-9,11H,7H2,1-2H3,(H,19,21)/t11-/m1/s1.